The van der Waals surface area contributed by atoms with E-state index in [1.807, 2.05) is 30.6 Å². The highest BCUT2D eigenvalue weighted by molar-refractivity contribution is 6.30. The van der Waals surface area contributed by atoms with Gasteiger partial charge in [-0.05, 0) is 41.7 Å². The smallest absolute Gasteiger partial charge is 0.0406 e. The van der Waals surface area contributed by atoms with Crippen molar-refractivity contribution in [2.75, 3.05) is 6.54 Å². The van der Waals surface area contributed by atoms with Crippen LogP contribution >= 0.6 is 11.6 Å². The largest absolute Gasteiger partial charge is 0.309 e. The molecule has 3 heteroatoms. The highest BCUT2D eigenvalue weighted by Crippen LogP contribution is 2.33. The summed E-state index contributed by atoms with van der Waals surface area (Å²) in [6.07, 6.45) is 4.88. The third-order valence-corrected chi connectivity index (χ3v) is 3.81. The van der Waals surface area contributed by atoms with Gasteiger partial charge in [0.05, 0.1) is 0 Å². The fraction of sp³-hybridized carbons (Fsp3) is 0.267. The summed E-state index contributed by atoms with van der Waals surface area (Å²) < 4.78 is 0. The van der Waals surface area contributed by atoms with E-state index in [1.54, 1.807) is 0 Å². The molecular weight excluding hydrogens is 244 g/mol. The topological polar surface area (TPSA) is 24.9 Å². The number of nitrogens with zero attached hydrogens (tertiary/aromatic N) is 1. The van der Waals surface area contributed by atoms with Crippen LogP contribution in [-0.2, 0) is 0 Å². The Morgan fingerprint density at radius 1 is 1.11 bits per heavy atom. The molecule has 1 aliphatic heterocycles. The Bertz CT molecular complexity index is 510. The second kappa shape index (κ2) is 5.09. The predicted molar refractivity (Wildman–Crippen MR) is 73.8 cm³/mol. The van der Waals surface area contributed by atoms with Crippen LogP contribution in [0, 0.1) is 0 Å². The highest BCUT2D eigenvalue weighted by Gasteiger charge is 2.26. The third-order valence-electron chi connectivity index (χ3n) is 3.56. The van der Waals surface area contributed by atoms with Crippen LogP contribution < -0.4 is 5.32 Å². The minimum absolute atomic E-state index is 0.416. The maximum absolute atomic E-state index is 5.92. The summed E-state index contributed by atoms with van der Waals surface area (Å²) in [6, 6.07) is 12.7. The van der Waals surface area contributed by atoms with Crippen molar-refractivity contribution in [2.24, 2.45) is 0 Å². The lowest BCUT2D eigenvalue weighted by atomic mass is 9.94. The van der Waals surface area contributed by atoms with Gasteiger partial charge in [-0.3, -0.25) is 4.98 Å². The first kappa shape index (κ1) is 11.7. The van der Waals surface area contributed by atoms with Gasteiger partial charge in [0.25, 0.3) is 0 Å². The number of aromatic nitrogens is 1. The Kier molecular flexibility index (Phi) is 3.31. The monoisotopic (exact) mass is 258 g/mol. The fourth-order valence-corrected chi connectivity index (χ4v) is 2.69. The van der Waals surface area contributed by atoms with Crippen LogP contribution in [0.5, 0.6) is 0 Å². The summed E-state index contributed by atoms with van der Waals surface area (Å²) in [5.41, 5.74) is 2.63. The molecule has 3 rings (SSSR count). The van der Waals surface area contributed by atoms with Gasteiger partial charge in [-0.2, -0.15) is 0 Å². The zero-order chi connectivity index (χ0) is 12.4. The lowest BCUT2D eigenvalue weighted by molar-refractivity contribution is 0.639. The van der Waals surface area contributed by atoms with Crippen molar-refractivity contribution in [2.45, 2.75) is 18.4 Å². The molecule has 0 bridgehead atoms. The lowest BCUT2D eigenvalue weighted by Crippen LogP contribution is -2.13. The van der Waals surface area contributed by atoms with E-state index in [1.165, 1.54) is 11.1 Å². The normalized spacial score (nSPS) is 23.2. The van der Waals surface area contributed by atoms with E-state index in [2.05, 4.69) is 28.5 Å². The van der Waals surface area contributed by atoms with Gasteiger partial charge in [-0.25, -0.2) is 0 Å². The van der Waals surface area contributed by atoms with Crippen molar-refractivity contribution in [1.29, 1.82) is 0 Å². The van der Waals surface area contributed by atoms with Gasteiger partial charge in [0.15, 0.2) is 0 Å². The molecule has 0 radical (unpaired) electrons. The number of rotatable bonds is 2. The molecule has 1 fully saturated rings. The molecular formula is C15H15ClN2. The van der Waals surface area contributed by atoms with E-state index in [-0.39, 0.29) is 0 Å². The summed E-state index contributed by atoms with van der Waals surface area (Å²) in [4.78, 5) is 4.18. The average molecular weight is 259 g/mol. The zero-order valence-corrected chi connectivity index (χ0v) is 10.8. The number of pyridine rings is 1. The molecule has 0 aliphatic carbocycles. The van der Waals surface area contributed by atoms with Crippen LogP contribution in [0.3, 0.4) is 0 Å². The van der Waals surface area contributed by atoms with E-state index in [9.17, 15) is 0 Å². The average Bonchev–Trinajstić information content (AvgIpc) is 2.90. The first-order chi connectivity index (χ1) is 8.83. The minimum Gasteiger partial charge on any atom is -0.309 e. The zero-order valence-electron chi connectivity index (χ0n) is 10.0. The third kappa shape index (κ3) is 2.40. The molecule has 1 aromatic heterocycles. The van der Waals surface area contributed by atoms with Crippen molar-refractivity contribution in [3.05, 3.63) is 64.9 Å². The number of nitrogens with one attached hydrogen (secondary N) is 1. The van der Waals surface area contributed by atoms with Crippen LogP contribution in [0.1, 0.15) is 29.5 Å². The summed E-state index contributed by atoms with van der Waals surface area (Å²) in [7, 11) is 0. The number of hydrogen-bond donors (Lipinski definition) is 1. The summed E-state index contributed by atoms with van der Waals surface area (Å²) in [6.45, 7) is 1.02. The molecule has 0 spiro atoms. The molecule has 0 amide bonds. The fourth-order valence-electron chi connectivity index (χ4n) is 2.56. The molecule has 2 nitrogen and oxygen atoms in total. The molecule has 1 aliphatic rings. The van der Waals surface area contributed by atoms with Gasteiger partial charge in [-0.15, -0.1) is 0 Å². The molecule has 1 N–H and O–H groups in total. The van der Waals surface area contributed by atoms with Gasteiger partial charge in [0.2, 0.25) is 0 Å². The van der Waals surface area contributed by atoms with E-state index in [0.717, 1.165) is 18.0 Å². The molecule has 2 unspecified atom stereocenters. The molecule has 18 heavy (non-hydrogen) atoms. The van der Waals surface area contributed by atoms with E-state index >= 15 is 0 Å². The SMILES string of the molecule is Clc1ccc(C2CNC(c3cccnc3)C2)cc1. The Hall–Kier alpha value is -1.38. The van der Waals surface area contributed by atoms with Crippen LogP contribution in [0.4, 0.5) is 0 Å². The van der Waals surface area contributed by atoms with Gasteiger partial charge >= 0.3 is 0 Å². The van der Waals surface area contributed by atoms with Gasteiger partial charge in [0.1, 0.15) is 0 Å². The van der Waals surface area contributed by atoms with Crippen molar-refractivity contribution in [1.82, 2.24) is 10.3 Å². The molecule has 2 atom stereocenters. The van der Waals surface area contributed by atoms with Gasteiger partial charge < -0.3 is 5.32 Å². The number of hydrogen-bond acceptors (Lipinski definition) is 2. The first-order valence-corrected chi connectivity index (χ1v) is 6.59. The van der Waals surface area contributed by atoms with Crippen molar-refractivity contribution >= 4 is 11.6 Å². The van der Waals surface area contributed by atoms with Crippen LogP contribution in [0.25, 0.3) is 0 Å². The first-order valence-electron chi connectivity index (χ1n) is 6.22. The highest BCUT2D eigenvalue weighted by atomic mass is 35.5. The number of benzene rings is 1. The second-order valence-corrected chi connectivity index (χ2v) is 5.17. The Morgan fingerprint density at radius 2 is 1.94 bits per heavy atom. The maximum Gasteiger partial charge on any atom is 0.0406 e. The summed E-state index contributed by atoms with van der Waals surface area (Å²) >= 11 is 5.92. The minimum atomic E-state index is 0.416. The molecule has 2 aromatic rings. The van der Waals surface area contributed by atoms with Crippen molar-refractivity contribution < 1.29 is 0 Å². The quantitative estimate of drug-likeness (QED) is 0.891. The van der Waals surface area contributed by atoms with Crippen LogP contribution in [0.15, 0.2) is 48.8 Å². The van der Waals surface area contributed by atoms with Crippen molar-refractivity contribution in [3.63, 3.8) is 0 Å². The summed E-state index contributed by atoms with van der Waals surface area (Å²) in [5.74, 6) is 0.562. The standard InChI is InChI=1S/C15H15ClN2/c16-14-5-3-11(4-6-14)13-8-15(18-10-13)12-2-1-7-17-9-12/h1-7,9,13,15,18H,8,10H2. The van der Waals surface area contributed by atoms with E-state index in [0.29, 0.717) is 12.0 Å². The number of halogens is 1. The molecule has 92 valence electrons. The van der Waals surface area contributed by atoms with Crippen LogP contribution in [-0.4, -0.2) is 11.5 Å². The van der Waals surface area contributed by atoms with Gasteiger partial charge in [0, 0.05) is 30.0 Å². The van der Waals surface area contributed by atoms with Gasteiger partial charge in [-0.1, -0.05) is 29.8 Å². The van der Waals surface area contributed by atoms with Crippen molar-refractivity contribution in [3.8, 4) is 0 Å². The molecule has 1 saturated heterocycles. The lowest BCUT2D eigenvalue weighted by Gasteiger charge is -2.11. The summed E-state index contributed by atoms with van der Waals surface area (Å²) in [5, 5.41) is 4.36. The Labute approximate surface area is 112 Å². The molecule has 2 heterocycles. The van der Waals surface area contributed by atoms with E-state index in [4.69, 9.17) is 11.6 Å². The van der Waals surface area contributed by atoms with Crippen LogP contribution in [0.2, 0.25) is 5.02 Å². The maximum atomic E-state index is 5.92. The second-order valence-electron chi connectivity index (χ2n) is 4.73. The Balaban J connectivity index is 1.74. The van der Waals surface area contributed by atoms with E-state index < -0.39 is 0 Å². The predicted octanol–water partition coefficient (Wildman–Crippen LogP) is 3.55. The molecule has 1 aromatic carbocycles. The molecule has 0 saturated carbocycles. The Morgan fingerprint density at radius 3 is 2.67 bits per heavy atom.